The first kappa shape index (κ1) is 12.6. The first-order valence-electron chi connectivity index (χ1n) is 4.61. The molecule has 1 rings (SSSR count). The molecule has 0 aromatic carbocycles. The molecule has 0 fully saturated rings. The monoisotopic (exact) mass is 323 g/mol. The van der Waals surface area contributed by atoms with E-state index < -0.39 is 0 Å². The molecule has 0 unspecified atom stereocenters. The van der Waals surface area contributed by atoms with Crippen molar-refractivity contribution in [3.05, 3.63) is 16.0 Å². The van der Waals surface area contributed by atoms with Crippen LogP contribution in [0.2, 0.25) is 0 Å². The van der Waals surface area contributed by atoms with Crippen LogP contribution in [0.15, 0.2) is 12.4 Å². The quantitative estimate of drug-likeness (QED) is 0.603. The molecule has 0 bridgehead atoms. The number of hydrogen-bond acceptors (Lipinski definition) is 5. The highest BCUT2D eigenvalue weighted by atomic mass is 127. The van der Waals surface area contributed by atoms with E-state index in [1.807, 2.05) is 0 Å². The minimum atomic E-state index is 0.617. The maximum absolute atomic E-state index is 5.27. The van der Waals surface area contributed by atoms with Gasteiger partial charge in [-0.15, -0.1) is 0 Å². The lowest BCUT2D eigenvalue weighted by molar-refractivity contribution is 0.0759. The maximum Gasteiger partial charge on any atom is 0.222 e. The topological polar surface area (TPSA) is 56.3 Å². The number of ether oxygens (including phenoxy) is 2. The Morgan fingerprint density at radius 1 is 1.27 bits per heavy atom. The highest BCUT2D eigenvalue weighted by Crippen LogP contribution is 2.01. The Labute approximate surface area is 103 Å². The van der Waals surface area contributed by atoms with Gasteiger partial charge in [-0.05, 0) is 22.6 Å². The number of rotatable bonds is 7. The number of halogens is 1. The SMILES string of the molecule is COCCOCCNc1ncc(I)cn1. The summed E-state index contributed by atoms with van der Waals surface area (Å²) in [5.74, 6) is 0.630. The van der Waals surface area contributed by atoms with Crippen LogP contribution in [0, 0.1) is 3.57 Å². The summed E-state index contributed by atoms with van der Waals surface area (Å²) in [6, 6.07) is 0. The van der Waals surface area contributed by atoms with Gasteiger partial charge in [0.15, 0.2) is 0 Å². The predicted molar refractivity (Wildman–Crippen MR) is 65.9 cm³/mol. The minimum Gasteiger partial charge on any atom is -0.382 e. The van der Waals surface area contributed by atoms with Crippen molar-refractivity contribution in [3.63, 3.8) is 0 Å². The van der Waals surface area contributed by atoms with Crippen LogP contribution in [0.1, 0.15) is 0 Å². The molecule has 15 heavy (non-hydrogen) atoms. The highest BCUT2D eigenvalue weighted by molar-refractivity contribution is 14.1. The van der Waals surface area contributed by atoms with E-state index in [1.165, 1.54) is 0 Å². The number of anilines is 1. The van der Waals surface area contributed by atoms with Gasteiger partial charge >= 0.3 is 0 Å². The van der Waals surface area contributed by atoms with Crippen molar-refractivity contribution < 1.29 is 9.47 Å². The average Bonchev–Trinajstić information content (AvgIpc) is 2.26. The van der Waals surface area contributed by atoms with E-state index in [2.05, 4.69) is 37.9 Å². The smallest absolute Gasteiger partial charge is 0.222 e. The van der Waals surface area contributed by atoms with Gasteiger partial charge in [0.2, 0.25) is 5.95 Å². The number of nitrogens with zero attached hydrogens (tertiary/aromatic N) is 2. The van der Waals surface area contributed by atoms with Gasteiger partial charge in [0.1, 0.15) is 0 Å². The summed E-state index contributed by atoms with van der Waals surface area (Å²) in [6.45, 7) is 2.56. The van der Waals surface area contributed by atoms with Gasteiger partial charge in [-0.2, -0.15) is 0 Å². The summed E-state index contributed by atoms with van der Waals surface area (Å²) in [5.41, 5.74) is 0. The molecular weight excluding hydrogens is 309 g/mol. The fourth-order valence-corrected chi connectivity index (χ4v) is 1.16. The Bertz CT molecular complexity index is 269. The van der Waals surface area contributed by atoms with Crippen molar-refractivity contribution in [2.45, 2.75) is 0 Å². The van der Waals surface area contributed by atoms with Crippen molar-refractivity contribution in [2.75, 3.05) is 38.8 Å². The zero-order valence-electron chi connectivity index (χ0n) is 8.57. The normalized spacial score (nSPS) is 10.3. The van der Waals surface area contributed by atoms with Crippen LogP contribution < -0.4 is 5.32 Å². The van der Waals surface area contributed by atoms with Crippen LogP contribution in [0.5, 0.6) is 0 Å². The molecule has 1 heterocycles. The van der Waals surface area contributed by atoms with E-state index in [-0.39, 0.29) is 0 Å². The summed E-state index contributed by atoms with van der Waals surface area (Å²) in [5, 5.41) is 3.06. The average molecular weight is 323 g/mol. The van der Waals surface area contributed by atoms with Gasteiger partial charge in [-0.25, -0.2) is 9.97 Å². The third kappa shape index (κ3) is 5.85. The van der Waals surface area contributed by atoms with E-state index in [1.54, 1.807) is 19.5 Å². The van der Waals surface area contributed by atoms with Crippen LogP contribution in [0.25, 0.3) is 0 Å². The van der Waals surface area contributed by atoms with Crippen LogP contribution >= 0.6 is 22.6 Å². The summed E-state index contributed by atoms with van der Waals surface area (Å²) < 4.78 is 11.1. The molecule has 0 aliphatic rings. The van der Waals surface area contributed by atoms with Gasteiger partial charge in [-0.1, -0.05) is 0 Å². The van der Waals surface area contributed by atoms with Crippen LogP contribution in [0.3, 0.4) is 0 Å². The van der Waals surface area contributed by atoms with Gasteiger partial charge in [0, 0.05) is 29.6 Å². The number of methoxy groups -OCH3 is 1. The van der Waals surface area contributed by atoms with Gasteiger partial charge in [-0.3, -0.25) is 0 Å². The summed E-state index contributed by atoms with van der Waals surface area (Å²) >= 11 is 2.17. The molecule has 0 spiro atoms. The molecule has 0 saturated carbocycles. The Hall–Kier alpha value is -0.470. The van der Waals surface area contributed by atoms with Gasteiger partial charge in [0.05, 0.1) is 19.8 Å². The molecule has 5 nitrogen and oxygen atoms in total. The molecule has 0 aliphatic carbocycles. The lowest BCUT2D eigenvalue weighted by atomic mass is 10.6. The molecule has 1 aromatic heterocycles. The van der Waals surface area contributed by atoms with Crippen LogP contribution in [-0.4, -0.2) is 43.4 Å². The summed E-state index contributed by atoms with van der Waals surface area (Å²) in [7, 11) is 1.65. The second-order valence-corrected chi connectivity index (χ2v) is 4.00. The zero-order valence-corrected chi connectivity index (χ0v) is 10.7. The third-order valence-corrected chi connectivity index (χ3v) is 2.14. The van der Waals surface area contributed by atoms with E-state index >= 15 is 0 Å². The minimum absolute atomic E-state index is 0.617. The predicted octanol–water partition coefficient (Wildman–Crippen LogP) is 1.16. The van der Waals surface area contributed by atoms with Crippen molar-refractivity contribution in [3.8, 4) is 0 Å². The van der Waals surface area contributed by atoms with E-state index in [0.717, 1.165) is 3.57 Å². The van der Waals surface area contributed by atoms with E-state index in [4.69, 9.17) is 9.47 Å². The molecule has 1 aromatic rings. The first-order valence-corrected chi connectivity index (χ1v) is 5.69. The number of nitrogens with one attached hydrogen (secondary N) is 1. The highest BCUT2D eigenvalue weighted by Gasteiger charge is 1.94. The standard InChI is InChI=1S/C9H14IN3O2/c1-14-4-5-15-3-2-11-9-12-6-8(10)7-13-9/h6-7H,2-5H2,1H3,(H,11,12,13). The largest absolute Gasteiger partial charge is 0.382 e. The Morgan fingerprint density at radius 2 is 2.00 bits per heavy atom. The Morgan fingerprint density at radius 3 is 2.67 bits per heavy atom. The van der Waals surface area contributed by atoms with Crippen LogP contribution in [-0.2, 0) is 9.47 Å². The molecule has 1 N–H and O–H groups in total. The zero-order chi connectivity index (χ0) is 10.9. The fourth-order valence-electron chi connectivity index (χ4n) is 0.883. The first-order chi connectivity index (χ1) is 7.33. The van der Waals surface area contributed by atoms with Crippen molar-refractivity contribution >= 4 is 28.5 Å². The Balaban J connectivity index is 2.07. The summed E-state index contributed by atoms with van der Waals surface area (Å²) in [6.07, 6.45) is 3.53. The second-order valence-electron chi connectivity index (χ2n) is 2.76. The molecule has 0 atom stereocenters. The lowest BCUT2D eigenvalue weighted by Gasteiger charge is -2.05. The number of hydrogen-bond donors (Lipinski definition) is 1. The molecule has 0 saturated heterocycles. The van der Waals surface area contributed by atoms with Crippen molar-refractivity contribution in [2.24, 2.45) is 0 Å². The molecule has 0 aliphatic heterocycles. The molecule has 0 amide bonds. The van der Waals surface area contributed by atoms with Gasteiger partial charge in [0.25, 0.3) is 0 Å². The molecule has 0 radical (unpaired) electrons. The van der Waals surface area contributed by atoms with Crippen molar-refractivity contribution in [1.82, 2.24) is 9.97 Å². The number of aromatic nitrogens is 2. The molecule has 84 valence electrons. The van der Waals surface area contributed by atoms with Crippen LogP contribution in [0.4, 0.5) is 5.95 Å². The Kier molecular flexibility index (Phi) is 6.53. The fraction of sp³-hybridized carbons (Fsp3) is 0.556. The lowest BCUT2D eigenvalue weighted by Crippen LogP contribution is -2.13. The molecule has 6 heteroatoms. The van der Waals surface area contributed by atoms with Gasteiger partial charge < -0.3 is 14.8 Å². The molecular formula is C9H14IN3O2. The van der Waals surface area contributed by atoms with E-state index in [0.29, 0.717) is 32.3 Å². The summed E-state index contributed by atoms with van der Waals surface area (Å²) in [4.78, 5) is 8.20. The van der Waals surface area contributed by atoms with Crippen molar-refractivity contribution in [1.29, 1.82) is 0 Å². The maximum atomic E-state index is 5.27. The third-order valence-electron chi connectivity index (χ3n) is 1.58. The second kappa shape index (κ2) is 7.77. The van der Waals surface area contributed by atoms with E-state index in [9.17, 15) is 0 Å².